The zero-order valence-corrected chi connectivity index (χ0v) is 11.5. The second kappa shape index (κ2) is 5.33. The lowest BCUT2D eigenvalue weighted by Gasteiger charge is -2.27. The summed E-state index contributed by atoms with van der Waals surface area (Å²) in [6, 6.07) is 8.69. The van der Waals surface area contributed by atoms with Gasteiger partial charge in [-0.25, -0.2) is 0 Å². The molecule has 19 heavy (non-hydrogen) atoms. The van der Waals surface area contributed by atoms with Crippen LogP contribution in [-0.4, -0.2) is 18.0 Å². The van der Waals surface area contributed by atoms with Crippen molar-refractivity contribution in [1.82, 2.24) is 10.6 Å². The molecule has 1 aromatic carbocycles. The summed E-state index contributed by atoms with van der Waals surface area (Å²) in [5.41, 5.74) is 2.63. The van der Waals surface area contributed by atoms with Gasteiger partial charge in [0.15, 0.2) is 0 Å². The molecule has 1 saturated carbocycles. The quantitative estimate of drug-likeness (QED) is 0.852. The number of amides is 1. The van der Waals surface area contributed by atoms with Gasteiger partial charge in [-0.15, -0.1) is 0 Å². The second-order valence-corrected chi connectivity index (χ2v) is 5.93. The summed E-state index contributed by atoms with van der Waals surface area (Å²) in [6.45, 7) is 3.04. The molecule has 2 unspecified atom stereocenters. The molecule has 1 fully saturated rings. The fourth-order valence-corrected chi connectivity index (χ4v) is 3.28. The molecular formula is C16H22N2O. The number of benzene rings is 1. The Bertz CT molecular complexity index is 472. The van der Waals surface area contributed by atoms with Crippen LogP contribution < -0.4 is 10.6 Å². The van der Waals surface area contributed by atoms with Crippen molar-refractivity contribution in [2.45, 2.75) is 51.2 Å². The molecule has 0 bridgehead atoms. The minimum absolute atomic E-state index is 0.0669. The Kier molecular flexibility index (Phi) is 3.56. The molecule has 0 spiro atoms. The largest absolute Gasteiger partial charge is 0.352 e. The first-order chi connectivity index (χ1) is 9.24. The maximum atomic E-state index is 12.3. The minimum Gasteiger partial charge on any atom is -0.352 e. The van der Waals surface area contributed by atoms with Gasteiger partial charge in [0.1, 0.15) is 0 Å². The number of carbonyl (C=O) groups excluding carboxylic acids is 1. The number of carbonyl (C=O) groups is 1. The molecular weight excluding hydrogens is 236 g/mol. The predicted molar refractivity (Wildman–Crippen MR) is 75.7 cm³/mol. The van der Waals surface area contributed by atoms with E-state index in [1.54, 1.807) is 0 Å². The number of nitrogens with one attached hydrogen (secondary N) is 2. The topological polar surface area (TPSA) is 41.1 Å². The summed E-state index contributed by atoms with van der Waals surface area (Å²) in [6.07, 6.45) is 4.43. The summed E-state index contributed by atoms with van der Waals surface area (Å²) >= 11 is 0. The van der Waals surface area contributed by atoms with Crippen molar-refractivity contribution < 1.29 is 4.79 Å². The third-order valence-electron chi connectivity index (χ3n) is 4.59. The summed E-state index contributed by atoms with van der Waals surface area (Å²) in [5.74, 6) is 0.799. The van der Waals surface area contributed by atoms with Crippen LogP contribution >= 0.6 is 0 Å². The molecule has 3 nitrogen and oxygen atoms in total. The third-order valence-corrected chi connectivity index (χ3v) is 4.59. The first-order valence-electron chi connectivity index (χ1n) is 7.34. The summed E-state index contributed by atoms with van der Waals surface area (Å²) < 4.78 is 0. The molecule has 1 amide bonds. The molecule has 0 aromatic heterocycles. The van der Waals surface area contributed by atoms with Crippen molar-refractivity contribution in [3.8, 4) is 0 Å². The van der Waals surface area contributed by atoms with Gasteiger partial charge in [0.05, 0.1) is 6.04 Å². The molecule has 1 aliphatic heterocycles. The third kappa shape index (κ3) is 2.66. The van der Waals surface area contributed by atoms with Gasteiger partial charge in [-0.05, 0) is 36.3 Å². The van der Waals surface area contributed by atoms with Crippen LogP contribution in [0.5, 0.6) is 0 Å². The van der Waals surface area contributed by atoms with Crippen LogP contribution in [0.2, 0.25) is 0 Å². The van der Waals surface area contributed by atoms with E-state index in [9.17, 15) is 4.79 Å². The van der Waals surface area contributed by atoms with Crippen molar-refractivity contribution in [3.63, 3.8) is 0 Å². The van der Waals surface area contributed by atoms with Gasteiger partial charge in [-0.3, -0.25) is 4.79 Å². The van der Waals surface area contributed by atoms with Crippen LogP contribution in [0.15, 0.2) is 24.3 Å². The SMILES string of the molecule is CC1CCCC1NC(=O)[C@@H]1Cc2ccccc2CN1. The van der Waals surface area contributed by atoms with Crippen molar-refractivity contribution >= 4 is 5.91 Å². The molecule has 1 aromatic rings. The van der Waals surface area contributed by atoms with Crippen LogP contribution in [-0.2, 0) is 17.8 Å². The Balaban J connectivity index is 1.63. The zero-order chi connectivity index (χ0) is 13.2. The van der Waals surface area contributed by atoms with Crippen LogP contribution in [0.1, 0.15) is 37.3 Å². The highest BCUT2D eigenvalue weighted by molar-refractivity contribution is 5.82. The monoisotopic (exact) mass is 258 g/mol. The average molecular weight is 258 g/mol. The Labute approximate surface area is 114 Å². The lowest BCUT2D eigenvalue weighted by Crippen LogP contribution is -2.50. The van der Waals surface area contributed by atoms with Crippen LogP contribution in [0.3, 0.4) is 0 Å². The zero-order valence-electron chi connectivity index (χ0n) is 11.5. The standard InChI is InChI=1S/C16H22N2O/c1-11-5-4-8-14(11)18-16(19)15-9-12-6-2-3-7-13(12)10-17-15/h2-3,6-7,11,14-15,17H,4-5,8-10H2,1H3,(H,18,19)/t11?,14?,15-/m0/s1. The van der Waals surface area contributed by atoms with Crippen molar-refractivity contribution in [1.29, 1.82) is 0 Å². The lowest BCUT2D eigenvalue weighted by atomic mass is 9.95. The maximum absolute atomic E-state index is 12.3. The first kappa shape index (κ1) is 12.7. The van der Waals surface area contributed by atoms with Crippen LogP contribution in [0, 0.1) is 5.92 Å². The van der Waals surface area contributed by atoms with Crippen molar-refractivity contribution in [2.24, 2.45) is 5.92 Å². The van der Waals surface area contributed by atoms with Gasteiger partial charge >= 0.3 is 0 Å². The predicted octanol–water partition coefficient (Wildman–Crippen LogP) is 2.01. The summed E-state index contributed by atoms with van der Waals surface area (Å²) in [4.78, 5) is 12.3. The maximum Gasteiger partial charge on any atom is 0.237 e. The fourth-order valence-electron chi connectivity index (χ4n) is 3.28. The van der Waals surface area contributed by atoms with E-state index in [0.717, 1.165) is 19.4 Å². The van der Waals surface area contributed by atoms with Crippen LogP contribution in [0.4, 0.5) is 0 Å². The van der Waals surface area contributed by atoms with Crippen molar-refractivity contribution in [3.05, 3.63) is 35.4 Å². The van der Waals surface area contributed by atoms with E-state index < -0.39 is 0 Å². The average Bonchev–Trinajstić information content (AvgIpc) is 2.84. The van der Waals surface area contributed by atoms with Gasteiger partial charge in [0, 0.05) is 12.6 Å². The van der Waals surface area contributed by atoms with E-state index in [0.29, 0.717) is 12.0 Å². The van der Waals surface area contributed by atoms with Gasteiger partial charge in [-0.1, -0.05) is 37.6 Å². The van der Waals surface area contributed by atoms with Gasteiger partial charge in [0.2, 0.25) is 5.91 Å². The second-order valence-electron chi connectivity index (χ2n) is 5.93. The molecule has 2 aliphatic rings. The van der Waals surface area contributed by atoms with E-state index >= 15 is 0 Å². The number of hydrogen-bond acceptors (Lipinski definition) is 2. The molecule has 3 rings (SSSR count). The van der Waals surface area contributed by atoms with Gasteiger partial charge < -0.3 is 10.6 Å². The van der Waals surface area contributed by atoms with Gasteiger partial charge in [-0.2, -0.15) is 0 Å². The van der Waals surface area contributed by atoms with E-state index in [1.807, 2.05) is 0 Å². The highest BCUT2D eigenvalue weighted by atomic mass is 16.2. The highest BCUT2D eigenvalue weighted by Gasteiger charge is 2.29. The van der Waals surface area contributed by atoms with Gasteiger partial charge in [0.25, 0.3) is 0 Å². The Morgan fingerprint density at radius 1 is 1.26 bits per heavy atom. The Morgan fingerprint density at radius 3 is 2.79 bits per heavy atom. The molecule has 2 N–H and O–H groups in total. The number of hydrogen-bond donors (Lipinski definition) is 2. The first-order valence-corrected chi connectivity index (χ1v) is 7.34. The number of fused-ring (bicyclic) bond motifs is 1. The molecule has 1 heterocycles. The van der Waals surface area contributed by atoms with E-state index in [1.165, 1.54) is 24.0 Å². The summed E-state index contributed by atoms with van der Waals surface area (Å²) in [7, 11) is 0. The summed E-state index contributed by atoms with van der Waals surface area (Å²) in [5, 5.41) is 6.58. The Hall–Kier alpha value is -1.35. The molecule has 0 saturated heterocycles. The molecule has 3 heteroatoms. The highest BCUT2D eigenvalue weighted by Crippen LogP contribution is 2.25. The molecule has 102 valence electrons. The van der Waals surface area contributed by atoms with Crippen molar-refractivity contribution in [2.75, 3.05) is 0 Å². The normalized spacial score (nSPS) is 29.8. The van der Waals surface area contributed by atoms with E-state index in [4.69, 9.17) is 0 Å². The van der Waals surface area contributed by atoms with E-state index in [2.05, 4.69) is 41.8 Å². The van der Waals surface area contributed by atoms with Crippen LogP contribution in [0.25, 0.3) is 0 Å². The molecule has 1 aliphatic carbocycles. The fraction of sp³-hybridized carbons (Fsp3) is 0.562. The lowest BCUT2D eigenvalue weighted by molar-refractivity contribution is -0.124. The Morgan fingerprint density at radius 2 is 2.05 bits per heavy atom. The van der Waals surface area contributed by atoms with E-state index in [-0.39, 0.29) is 11.9 Å². The smallest absolute Gasteiger partial charge is 0.237 e. The number of rotatable bonds is 2. The molecule has 0 radical (unpaired) electrons. The molecule has 3 atom stereocenters. The minimum atomic E-state index is -0.0669.